The first kappa shape index (κ1) is 13.4. The van der Waals surface area contributed by atoms with E-state index in [4.69, 9.17) is 0 Å². The molecule has 1 rings (SSSR count). The van der Waals surface area contributed by atoms with E-state index in [9.17, 15) is 14.4 Å². The number of esters is 1. The number of carbonyl (C=O) groups is 3. The third-order valence-corrected chi connectivity index (χ3v) is 2.56. The molecule has 0 aromatic rings. The quantitative estimate of drug-likeness (QED) is 0.480. The molecule has 0 bridgehead atoms. The van der Waals surface area contributed by atoms with E-state index < -0.39 is 0 Å². The van der Waals surface area contributed by atoms with Gasteiger partial charge in [-0.05, 0) is 19.4 Å². The number of ether oxygens (including phenoxy) is 1. The molecular formula is C10H17N3O4. The van der Waals surface area contributed by atoms with Crippen molar-refractivity contribution in [3.05, 3.63) is 0 Å². The van der Waals surface area contributed by atoms with Crippen molar-refractivity contribution in [3.63, 3.8) is 0 Å². The van der Waals surface area contributed by atoms with Gasteiger partial charge in [0.15, 0.2) is 0 Å². The monoisotopic (exact) mass is 243 g/mol. The minimum Gasteiger partial charge on any atom is -0.468 e. The van der Waals surface area contributed by atoms with Gasteiger partial charge in [0.1, 0.15) is 6.04 Å². The van der Waals surface area contributed by atoms with Gasteiger partial charge < -0.3 is 4.74 Å². The molecule has 1 saturated heterocycles. The molecular weight excluding hydrogens is 226 g/mol. The fourth-order valence-electron chi connectivity index (χ4n) is 1.80. The molecule has 7 nitrogen and oxygen atoms in total. The minimum absolute atomic E-state index is 0.0695. The smallest absolute Gasteiger partial charge is 0.323 e. The van der Waals surface area contributed by atoms with Crippen LogP contribution in [0, 0.1) is 0 Å². The van der Waals surface area contributed by atoms with Crippen molar-refractivity contribution in [1.82, 2.24) is 15.8 Å². The largest absolute Gasteiger partial charge is 0.468 e. The van der Waals surface area contributed by atoms with E-state index in [1.807, 2.05) is 0 Å². The summed E-state index contributed by atoms with van der Waals surface area (Å²) in [6.07, 6.45) is 1.55. The van der Waals surface area contributed by atoms with E-state index in [0.717, 1.165) is 6.42 Å². The van der Waals surface area contributed by atoms with E-state index in [1.165, 1.54) is 14.0 Å². The number of likely N-dealkylation sites (tertiary alicyclic amines) is 1. The summed E-state index contributed by atoms with van der Waals surface area (Å²) in [7, 11) is 1.33. The van der Waals surface area contributed by atoms with Crippen molar-refractivity contribution in [3.8, 4) is 0 Å². The van der Waals surface area contributed by atoms with Gasteiger partial charge in [-0.1, -0.05) is 0 Å². The van der Waals surface area contributed by atoms with Crippen LogP contribution in [0.4, 0.5) is 0 Å². The summed E-state index contributed by atoms with van der Waals surface area (Å²) in [5, 5.41) is 0. The zero-order chi connectivity index (χ0) is 12.8. The predicted octanol–water partition coefficient (Wildman–Crippen LogP) is -1.21. The minimum atomic E-state index is -0.358. The Bertz CT molecular complexity index is 319. The van der Waals surface area contributed by atoms with E-state index in [2.05, 4.69) is 15.6 Å². The lowest BCUT2D eigenvalue weighted by molar-refractivity contribution is -0.146. The molecule has 1 unspecified atom stereocenters. The molecule has 2 N–H and O–H groups in total. The average molecular weight is 243 g/mol. The second-order valence-electron chi connectivity index (χ2n) is 3.88. The first-order chi connectivity index (χ1) is 8.04. The first-order valence-corrected chi connectivity index (χ1v) is 5.42. The molecule has 0 aromatic heterocycles. The van der Waals surface area contributed by atoms with Crippen molar-refractivity contribution in [2.45, 2.75) is 25.8 Å². The summed E-state index contributed by atoms with van der Waals surface area (Å²) in [4.78, 5) is 35.2. The van der Waals surface area contributed by atoms with Gasteiger partial charge in [-0.25, -0.2) is 0 Å². The number of nitrogens with one attached hydrogen (secondary N) is 2. The van der Waals surface area contributed by atoms with E-state index in [1.54, 1.807) is 4.90 Å². The van der Waals surface area contributed by atoms with Crippen molar-refractivity contribution >= 4 is 17.8 Å². The Morgan fingerprint density at radius 2 is 2.06 bits per heavy atom. The summed E-state index contributed by atoms with van der Waals surface area (Å²) >= 11 is 0. The lowest BCUT2D eigenvalue weighted by atomic mass is 10.2. The van der Waals surface area contributed by atoms with Crippen LogP contribution in [0.2, 0.25) is 0 Å². The van der Waals surface area contributed by atoms with Gasteiger partial charge in [-0.15, -0.1) is 0 Å². The summed E-state index contributed by atoms with van der Waals surface area (Å²) in [5.41, 5.74) is 4.45. The van der Waals surface area contributed by atoms with E-state index in [-0.39, 0.29) is 30.4 Å². The molecule has 17 heavy (non-hydrogen) atoms. The highest BCUT2D eigenvalue weighted by Crippen LogP contribution is 2.17. The van der Waals surface area contributed by atoms with Crippen LogP contribution in [0.25, 0.3) is 0 Å². The topological polar surface area (TPSA) is 87.7 Å². The van der Waals surface area contributed by atoms with Gasteiger partial charge in [0.05, 0.1) is 13.7 Å². The maximum atomic E-state index is 11.4. The number of rotatable bonds is 3. The van der Waals surface area contributed by atoms with Gasteiger partial charge in [0.25, 0.3) is 5.91 Å². The Balaban J connectivity index is 2.41. The predicted molar refractivity (Wildman–Crippen MR) is 58.6 cm³/mol. The highest BCUT2D eigenvalue weighted by Gasteiger charge is 2.32. The molecule has 0 aliphatic carbocycles. The molecule has 1 heterocycles. The molecule has 0 spiro atoms. The molecule has 1 atom stereocenters. The average Bonchev–Trinajstić information content (AvgIpc) is 2.73. The summed E-state index contributed by atoms with van der Waals surface area (Å²) in [6.45, 7) is 2.04. The van der Waals surface area contributed by atoms with Crippen LogP contribution < -0.4 is 10.9 Å². The molecule has 1 fully saturated rings. The van der Waals surface area contributed by atoms with Gasteiger partial charge >= 0.3 is 5.97 Å². The molecule has 7 heteroatoms. The van der Waals surface area contributed by atoms with Crippen LogP contribution in [0.5, 0.6) is 0 Å². The van der Waals surface area contributed by atoms with Gasteiger partial charge in [0, 0.05) is 6.92 Å². The highest BCUT2D eigenvalue weighted by molar-refractivity contribution is 5.83. The zero-order valence-corrected chi connectivity index (χ0v) is 9.99. The molecule has 96 valence electrons. The fourth-order valence-corrected chi connectivity index (χ4v) is 1.80. The Labute approximate surface area is 99.4 Å². The molecule has 0 aromatic carbocycles. The van der Waals surface area contributed by atoms with Crippen LogP contribution in [0.3, 0.4) is 0 Å². The number of hydrogen-bond donors (Lipinski definition) is 2. The molecule has 1 aliphatic heterocycles. The third-order valence-electron chi connectivity index (χ3n) is 2.56. The summed E-state index contributed by atoms with van der Waals surface area (Å²) in [5.74, 6) is -1.02. The van der Waals surface area contributed by atoms with Gasteiger partial charge in [-0.3, -0.25) is 30.1 Å². The van der Waals surface area contributed by atoms with Crippen molar-refractivity contribution < 1.29 is 19.1 Å². The lowest BCUT2D eigenvalue weighted by Crippen LogP contribution is -2.48. The Kier molecular flexibility index (Phi) is 4.89. The van der Waals surface area contributed by atoms with Crippen molar-refractivity contribution in [2.75, 3.05) is 20.2 Å². The fraction of sp³-hybridized carbons (Fsp3) is 0.700. The lowest BCUT2D eigenvalue weighted by Gasteiger charge is -2.21. The zero-order valence-electron chi connectivity index (χ0n) is 9.99. The van der Waals surface area contributed by atoms with Crippen LogP contribution >= 0.6 is 0 Å². The molecule has 2 amide bonds. The number of hydrazine groups is 1. The molecule has 0 radical (unpaired) electrons. The van der Waals surface area contributed by atoms with Crippen LogP contribution in [-0.4, -0.2) is 48.9 Å². The van der Waals surface area contributed by atoms with Crippen molar-refractivity contribution in [2.24, 2.45) is 0 Å². The van der Waals surface area contributed by atoms with Crippen LogP contribution in [0.15, 0.2) is 0 Å². The molecule has 0 saturated carbocycles. The number of hydrogen-bond acceptors (Lipinski definition) is 5. The third kappa shape index (κ3) is 4.03. The maximum Gasteiger partial charge on any atom is 0.323 e. The standard InChI is InChI=1S/C10H17N3O4/c1-7(14)11-12-9(15)6-13-5-3-4-8(13)10(16)17-2/h8H,3-6H2,1-2H3,(H,11,14)(H,12,15). The number of carbonyl (C=O) groups excluding carboxylic acids is 3. The summed E-state index contributed by atoms with van der Waals surface area (Å²) < 4.78 is 4.66. The maximum absolute atomic E-state index is 11.4. The summed E-state index contributed by atoms with van der Waals surface area (Å²) in [6, 6.07) is -0.358. The van der Waals surface area contributed by atoms with E-state index in [0.29, 0.717) is 13.0 Å². The second-order valence-corrected chi connectivity index (χ2v) is 3.88. The number of amides is 2. The second kappa shape index (κ2) is 6.19. The Morgan fingerprint density at radius 3 is 2.65 bits per heavy atom. The number of methoxy groups -OCH3 is 1. The SMILES string of the molecule is COC(=O)C1CCCN1CC(=O)NNC(C)=O. The normalized spacial score (nSPS) is 19.8. The van der Waals surface area contributed by atoms with E-state index >= 15 is 0 Å². The van der Waals surface area contributed by atoms with Crippen molar-refractivity contribution in [1.29, 1.82) is 0 Å². The Morgan fingerprint density at radius 1 is 1.35 bits per heavy atom. The Hall–Kier alpha value is -1.63. The van der Waals surface area contributed by atoms with Crippen LogP contribution in [0.1, 0.15) is 19.8 Å². The van der Waals surface area contributed by atoms with Crippen LogP contribution in [-0.2, 0) is 19.1 Å². The number of nitrogens with zero attached hydrogens (tertiary/aromatic N) is 1. The van der Waals surface area contributed by atoms with Gasteiger partial charge in [0.2, 0.25) is 5.91 Å². The highest BCUT2D eigenvalue weighted by atomic mass is 16.5. The molecule has 1 aliphatic rings. The first-order valence-electron chi connectivity index (χ1n) is 5.42. The van der Waals surface area contributed by atoms with Gasteiger partial charge in [-0.2, -0.15) is 0 Å².